The first-order chi connectivity index (χ1) is 18.3. The number of aromatic nitrogens is 2. The predicted molar refractivity (Wildman–Crippen MR) is 144 cm³/mol. The van der Waals surface area contributed by atoms with E-state index in [-0.39, 0.29) is 5.69 Å². The number of benzene rings is 2. The van der Waals surface area contributed by atoms with E-state index in [1.165, 1.54) is 12.1 Å². The van der Waals surface area contributed by atoms with Gasteiger partial charge in [0.25, 0.3) is 5.91 Å². The Morgan fingerprint density at radius 1 is 0.974 bits per heavy atom. The van der Waals surface area contributed by atoms with Gasteiger partial charge in [0.2, 0.25) is 5.95 Å². The highest BCUT2D eigenvalue weighted by Crippen LogP contribution is 2.32. The number of morpholine rings is 1. The number of halogens is 3. The van der Waals surface area contributed by atoms with Crippen LogP contribution in [0.5, 0.6) is 0 Å². The van der Waals surface area contributed by atoms with Gasteiger partial charge < -0.3 is 19.9 Å². The molecule has 0 radical (unpaired) electrons. The molecule has 11 heteroatoms. The molecule has 2 saturated heterocycles. The van der Waals surface area contributed by atoms with Crippen molar-refractivity contribution in [3.63, 3.8) is 0 Å². The molecule has 0 saturated carbocycles. The lowest BCUT2D eigenvalue weighted by Gasteiger charge is -2.31. The molecule has 0 unspecified atom stereocenters. The summed E-state index contributed by atoms with van der Waals surface area (Å²) >= 11 is 1.92. The van der Waals surface area contributed by atoms with Gasteiger partial charge in [0.05, 0.1) is 24.5 Å². The maximum absolute atomic E-state index is 13.1. The van der Waals surface area contributed by atoms with Crippen LogP contribution in [0.2, 0.25) is 0 Å². The Morgan fingerprint density at radius 2 is 1.74 bits per heavy atom. The smallest absolute Gasteiger partial charge is 0.378 e. The van der Waals surface area contributed by atoms with Gasteiger partial charge in [0.15, 0.2) is 0 Å². The highest BCUT2D eigenvalue weighted by molar-refractivity contribution is 7.99. The van der Waals surface area contributed by atoms with Crippen LogP contribution in [-0.4, -0.2) is 66.8 Å². The fourth-order valence-electron chi connectivity index (χ4n) is 4.43. The zero-order valence-electron chi connectivity index (χ0n) is 20.9. The molecule has 2 aliphatic heterocycles. The van der Waals surface area contributed by atoms with Crippen molar-refractivity contribution in [3.8, 4) is 11.3 Å². The topological polar surface area (TPSA) is 70.6 Å². The van der Waals surface area contributed by atoms with Gasteiger partial charge in [-0.15, -0.1) is 0 Å². The van der Waals surface area contributed by atoms with Crippen LogP contribution in [0, 0.1) is 6.92 Å². The number of nitrogens with zero attached hydrogens (tertiary/aromatic N) is 4. The lowest BCUT2D eigenvalue weighted by atomic mass is 10.0. The Balaban J connectivity index is 1.47. The van der Waals surface area contributed by atoms with Crippen LogP contribution in [0.25, 0.3) is 11.3 Å². The van der Waals surface area contributed by atoms with Crippen LogP contribution < -0.4 is 15.1 Å². The number of nitrogens with one attached hydrogen (secondary N) is 1. The van der Waals surface area contributed by atoms with Crippen molar-refractivity contribution in [2.45, 2.75) is 13.1 Å². The molecule has 200 valence electrons. The van der Waals surface area contributed by atoms with E-state index in [2.05, 4.69) is 15.1 Å². The zero-order chi connectivity index (χ0) is 26.7. The summed E-state index contributed by atoms with van der Waals surface area (Å²) in [5, 5.41) is 2.59. The van der Waals surface area contributed by atoms with Crippen molar-refractivity contribution >= 4 is 35.1 Å². The van der Waals surface area contributed by atoms with Gasteiger partial charge in [0.1, 0.15) is 5.82 Å². The molecule has 1 amide bonds. The third-order valence-electron chi connectivity index (χ3n) is 6.55. The number of ether oxygens (including phenoxy) is 1. The molecule has 5 rings (SSSR count). The first-order valence-electron chi connectivity index (χ1n) is 12.4. The molecule has 38 heavy (non-hydrogen) atoms. The number of hydrogen-bond donors (Lipinski definition) is 1. The Bertz CT molecular complexity index is 1270. The molecule has 7 nitrogen and oxygen atoms in total. The van der Waals surface area contributed by atoms with Gasteiger partial charge >= 0.3 is 6.18 Å². The van der Waals surface area contributed by atoms with Crippen molar-refractivity contribution in [1.29, 1.82) is 0 Å². The summed E-state index contributed by atoms with van der Waals surface area (Å²) in [7, 11) is 0. The minimum Gasteiger partial charge on any atom is -0.378 e. The zero-order valence-corrected chi connectivity index (χ0v) is 21.7. The van der Waals surface area contributed by atoms with Crippen LogP contribution >= 0.6 is 11.8 Å². The van der Waals surface area contributed by atoms with E-state index in [0.29, 0.717) is 43.5 Å². The average Bonchev–Trinajstić information content (AvgIpc) is 2.93. The van der Waals surface area contributed by atoms with Crippen LogP contribution in [0.4, 0.5) is 30.6 Å². The van der Waals surface area contributed by atoms with E-state index in [1.54, 1.807) is 12.1 Å². The van der Waals surface area contributed by atoms with Gasteiger partial charge in [-0.25, -0.2) is 4.98 Å². The van der Waals surface area contributed by atoms with Crippen LogP contribution in [-0.2, 0) is 10.9 Å². The number of carbonyl (C=O) groups is 1. The first-order valence-corrected chi connectivity index (χ1v) is 13.6. The highest BCUT2D eigenvalue weighted by atomic mass is 32.2. The number of alkyl halides is 3. The minimum absolute atomic E-state index is 0.0776. The van der Waals surface area contributed by atoms with Crippen LogP contribution in [0.1, 0.15) is 21.5 Å². The Hall–Kier alpha value is -3.31. The third-order valence-corrected chi connectivity index (χ3v) is 7.50. The Morgan fingerprint density at radius 3 is 2.47 bits per heavy atom. The quantitative estimate of drug-likeness (QED) is 0.480. The molecule has 1 N–H and O–H groups in total. The fourth-order valence-corrected chi connectivity index (χ4v) is 5.34. The second-order valence-electron chi connectivity index (χ2n) is 9.17. The first kappa shape index (κ1) is 26.3. The van der Waals surface area contributed by atoms with E-state index >= 15 is 0 Å². The van der Waals surface area contributed by atoms with Crippen LogP contribution in [0.3, 0.4) is 0 Å². The number of rotatable bonds is 5. The number of carbonyl (C=O) groups excluding carboxylic acids is 1. The number of amides is 1. The molecule has 2 aromatic carbocycles. The van der Waals surface area contributed by atoms with E-state index in [0.717, 1.165) is 53.7 Å². The molecule has 2 fully saturated rings. The molecular formula is C27H28F3N5O2S. The molecule has 0 spiro atoms. The normalized spacial score (nSPS) is 16.4. The third kappa shape index (κ3) is 6.05. The lowest BCUT2D eigenvalue weighted by molar-refractivity contribution is -0.137. The van der Waals surface area contributed by atoms with E-state index < -0.39 is 17.6 Å². The van der Waals surface area contributed by atoms with Gasteiger partial charge in [-0.3, -0.25) is 4.79 Å². The monoisotopic (exact) mass is 543 g/mol. The number of aryl methyl sites for hydroxylation is 1. The van der Waals surface area contributed by atoms with Crippen molar-refractivity contribution in [3.05, 3.63) is 65.2 Å². The van der Waals surface area contributed by atoms with E-state index in [1.807, 2.05) is 30.8 Å². The maximum Gasteiger partial charge on any atom is 0.416 e. The van der Waals surface area contributed by atoms with Gasteiger partial charge in [0, 0.05) is 60.6 Å². The number of thioether (sulfide) groups is 1. The SMILES string of the molecule is Cc1ccc(C(=O)Nc2cccc(C(F)(F)F)c2)cc1-c1cc(N2CCSCC2)nc(N2CCOCC2)n1. The molecule has 3 heterocycles. The Kier molecular flexibility index (Phi) is 7.75. The maximum atomic E-state index is 13.1. The number of hydrogen-bond acceptors (Lipinski definition) is 7. The summed E-state index contributed by atoms with van der Waals surface area (Å²) < 4.78 is 44.8. The van der Waals surface area contributed by atoms with E-state index in [9.17, 15) is 18.0 Å². The van der Waals surface area contributed by atoms with Crippen molar-refractivity contribution in [1.82, 2.24) is 9.97 Å². The largest absolute Gasteiger partial charge is 0.416 e. The summed E-state index contributed by atoms with van der Waals surface area (Å²) in [6.45, 7) is 6.32. The van der Waals surface area contributed by atoms with Crippen LogP contribution in [0.15, 0.2) is 48.5 Å². The molecule has 0 atom stereocenters. The minimum atomic E-state index is -4.49. The fraction of sp³-hybridized carbons (Fsp3) is 0.370. The second kappa shape index (κ2) is 11.2. The summed E-state index contributed by atoms with van der Waals surface area (Å²) in [6, 6.07) is 11.8. The highest BCUT2D eigenvalue weighted by Gasteiger charge is 2.30. The molecule has 1 aromatic heterocycles. The summed E-state index contributed by atoms with van der Waals surface area (Å²) in [5.74, 6) is 3.01. The number of anilines is 3. The van der Waals surface area contributed by atoms with Gasteiger partial charge in [-0.1, -0.05) is 12.1 Å². The predicted octanol–water partition coefficient (Wildman–Crippen LogP) is 5.11. The summed E-state index contributed by atoms with van der Waals surface area (Å²) in [4.78, 5) is 27.2. The van der Waals surface area contributed by atoms with Crippen molar-refractivity contribution in [2.75, 3.05) is 66.0 Å². The molecule has 2 aliphatic rings. The van der Waals surface area contributed by atoms with Gasteiger partial charge in [-0.2, -0.15) is 29.9 Å². The van der Waals surface area contributed by atoms with E-state index in [4.69, 9.17) is 14.7 Å². The summed E-state index contributed by atoms with van der Waals surface area (Å²) in [5.41, 5.74) is 1.97. The van der Waals surface area contributed by atoms with Crippen molar-refractivity contribution in [2.24, 2.45) is 0 Å². The molecule has 0 aliphatic carbocycles. The molecule has 3 aromatic rings. The average molecular weight is 544 g/mol. The summed E-state index contributed by atoms with van der Waals surface area (Å²) in [6.07, 6.45) is -4.49. The molecular weight excluding hydrogens is 515 g/mol. The lowest BCUT2D eigenvalue weighted by Crippen LogP contribution is -2.38. The molecule has 0 bridgehead atoms. The Labute approximate surface area is 223 Å². The standard InChI is InChI=1S/C27H28F3N5O2S/c1-18-5-6-19(25(36)31-21-4-2-3-20(16-21)27(28,29)30)15-22(18)23-17-24(34-9-13-38-14-10-34)33-26(32-23)35-7-11-37-12-8-35/h2-6,15-17H,7-14H2,1H3,(H,31,36). The second-order valence-corrected chi connectivity index (χ2v) is 10.4. The van der Waals surface area contributed by atoms with Gasteiger partial charge in [-0.05, 0) is 42.8 Å². The van der Waals surface area contributed by atoms with Crippen molar-refractivity contribution < 1.29 is 22.7 Å².